The first kappa shape index (κ1) is 14.5. The predicted molar refractivity (Wildman–Crippen MR) is 82.1 cm³/mol. The molecule has 0 aliphatic carbocycles. The maximum atomic E-state index is 5.95. The average molecular weight is 289 g/mol. The molecule has 0 saturated carbocycles. The number of ether oxygens (including phenoxy) is 1. The van der Waals surface area contributed by atoms with Crippen LogP contribution in [0.15, 0.2) is 42.5 Å². The van der Waals surface area contributed by atoms with Gasteiger partial charge in [-0.3, -0.25) is 0 Å². The van der Waals surface area contributed by atoms with Crippen LogP contribution < -0.4 is 4.74 Å². The third-order valence-corrected chi connectivity index (χ3v) is 2.84. The topological polar surface area (TPSA) is 35.0 Å². The Kier molecular flexibility index (Phi) is 5.13. The Morgan fingerprint density at radius 1 is 1.20 bits per heavy atom. The van der Waals surface area contributed by atoms with Crippen molar-refractivity contribution < 1.29 is 4.74 Å². The number of hydrogen-bond acceptors (Lipinski definition) is 3. The van der Waals surface area contributed by atoms with Gasteiger partial charge < -0.3 is 4.74 Å². The van der Waals surface area contributed by atoms with Gasteiger partial charge in [-0.15, -0.1) is 0 Å². The van der Waals surface area contributed by atoms with E-state index in [-0.39, 0.29) is 5.92 Å². The standard InChI is InChI=1S/C16H17ClN2O/c1-12(2)16-18-14(17)11-15(19-16)20-10-6-9-13-7-4-3-5-8-13/h3-9,11-12H,10H2,1-2H3/b9-6+. The first-order valence-electron chi connectivity index (χ1n) is 6.54. The quantitative estimate of drug-likeness (QED) is 0.768. The van der Waals surface area contributed by atoms with E-state index >= 15 is 0 Å². The van der Waals surface area contributed by atoms with Gasteiger partial charge in [-0.2, -0.15) is 4.98 Å². The summed E-state index contributed by atoms with van der Waals surface area (Å²) in [6.45, 7) is 4.48. The second-order valence-corrected chi connectivity index (χ2v) is 5.05. The monoisotopic (exact) mass is 288 g/mol. The van der Waals surface area contributed by atoms with E-state index in [4.69, 9.17) is 16.3 Å². The maximum absolute atomic E-state index is 5.95. The fourth-order valence-electron chi connectivity index (χ4n) is 1.63. The van der Waals surface area contributed by atoms with Crippen LogP contribution in [0.1, 0.15) is 31.2 Å². The molecule has 4 heteroatoms. The molecule has 0 atom stereocenters. The van der Waals surface area contributed by atoms with Gasteiger partial charge in [0.05, 0.1) is 0 Å². The Labute approximate surface area is 124 Å². The molecule has 0 aliphatic heterocycles. The van der Waals surface area contributed by atoms with Crippen molar-refractivity contribution >= 4 is 17.7 Å². The van der Waals surface area contributed by atoms with Crippen LogP contribution in [0.4, 0.5) is 0 Å². The summed E-state index contributed by atoms with van der Waals surface area (Å²) in [6.07, 6.45) is 3.95. The number of benzene rings is 1. The summed E-state index contributed by atoms with van der Waals surface area (Å²) in [5, 5.41) is 0.408. The van der Waals surface area contributed by atoms with Gasteiger partial charge in [0.2, 0.25) is 5.88 Å². The van der Waals surface area contributed by atoms with Crippen molar-refractivity contribution in [3.8, 4) is 5.88 Å². The summed E-state index contributed by atoms with van der Waals surface area (Å²) in [7, 11) is 0. The van der Waals surface area contributed by atoms with Gasteiger partial charge in [0.1, 0.15) is 17.6 Å². The highest BCUT2D eigenvalue weighted by atomic mass is 35.5. The minimum Gasteiger partial charge on any atom is -0.473 e. The zero-order valence-corrected chi connectivity index (χ0v) is 12.3. The van der Waals surface area contributed by atoms with E-state index in [9.17, 15) is 0 Å². The van der Waals surface area contributed by atoms with E-state index in [1.165, 1.54) is 0 Å². The molecule has 0 spiro atoms. The minimum atomic E-state index is 0.218. The van der Waals surface area contributed by atoms with E-state index < -0.39 is 0 Å². The normalized spacial score (nSPS) is 11.2. The van der Waals surface area contributed by atoms with E-state index in [0.29, 0.717) is 23.5 Å². The molecular formula is C16H17ClN2O. The van der Waals surface area contributed by atoms with Gasteiger partial charge in [-0.05, 0) is 11.6 Å². The molecule has 2 rings (SSSR count). The van der Waals surface area contributed by atoms with Crippen LogP contribution >= 0.6 is 11.6 Å². The van der Waals surface area contributed by atoms with Crippen LogP contribution in [0.2, 0.25) is 5.15 Å². The van der Waals surface area contributed by atoms with Crippen LogP contribution in [-0.2, 0) is 0 Å². The summed E-state index contributed by atoms with van der Waals surface area (Å²) < 4.78 is 5.58. The molecule has 0 saturated heterocycles. The Balaban J connectivity index is 1.96. The summed E-state index contributed by atoms with van der Waals surface area (Å²) in [6, 6.07) is 11.7. The lowest BCUT2D eigenvalue weighted by molar-refractivity contribution is 0.346. The molecule has 1 aromatic heterocycles. The second-order valence-electron chi connectivity index (χ2n) is 4.67. The molecular weight excluding hydrogens is 272 g/mol. The zero-order chi connectivity index (χ0) is 14.4. The zero-order valence-electron chi connectivity index (χ0n) is 11.6. The largest absolute Gasteiger partial charge is 0.473 e. The molecule has 1 heterocycles. The van der Waals surface area contributed by atoms with Gasteiger partial charge in [0.25, 0.3) is 0 Å². The van der Waals surface area contributed by atoms with Crippen molar-refractivity contribution in [1.82, 2.24) is 9.97 Å². The number of hydrogen-bond donors (Lipinski definition) is 0. The maximum Gasteiger partial charge on any atom is 0.218 e. The second kappa shape index (κ2) is 7.06. The van der Waals surface area contributed by atoms with Crippen molar-refractivity contribution in [3.63, 3.8) is 0 Å². The van der Waals surface area contributed by atoms with Crippen molar-refractivity contribution in [2.24, 2.45) is 0 Å². The third kappa shape index (κ3) is 4.35. The Bertz CT molecular complexity index is 582. The van der Waals surface area contributed by atoms with Gasteiger partial charge >= 0.3 is 0 Å². The minimum absolute atomic E-state index is 0.218. The number of aromatic nitrogens is 2. The van der Waals surface area contributed by atoms with E-state index in [1.807, 2.05) is 56.3 Å². The van der Waals surface area contributed by atoms with Crippen LogP contribution in [0.5, 0.6) is 5.88 Å². The number of nitrogens with zero attached hydrogens (tertiary/aromatic N) is 2. The van der Waals surface area contributed by atoms with Crippen LogP contribution in [-0.4, -0.2) is 16.6 Å². The Morgan fingerprint density at radius 3 is 2.65 bits per heavy atom. The van der Waals surface area contributed by atoms with Crippen LogP contribution in [0.3, 0.4) is 0 Å². The predicted octanol–water partition coefficient (Wildman–Crippen LogP) is 4.35. The summed E-state index contributed by atoms with van der Waals surface area (Å²) >= 11 is 5.95. The molecule has 2 aromatic rings. The molecule has 0 N–H and O–H groups in total. The summed E-state index contributed by atoms with van der Waals surface area (Å²) in [5.41, 5.74) is 1.14. The van der Waals surface area contributed by atoms with Crippen LogP contribution in [0, 0.1) is 0 Å². The molecule has 0 aliphatic rings. The summed E-state index contributed by atoms with van der Waals surface area (Å²) in [4.78, 5) is 8.49. The highest BCUT2D eigenvalue weighted by Gasteiger charge is 2.07. The van der Waals surface area contributed by atoms with E-state index in [0.717, 1.165) is 5.56 Å². The van der Waals surface area contributed by atoms with Crippen molar-refractivity contribution in [2.45, 2.75) is 19.8 Å². The fraction of sp³-hybridized carbons (Fsp3) is 0.250. The highest BCUT2D eigenvalue weighted by molar-refractivity contribution is 6.29. The molecule has 0 radical (unpaired) electrons. The third-order valence-electron chi connectivity index (χ3n) is 2.64. The molecule has 3 nitrogen and oxygen atoms in total. The highest BCUT2D eigenvalue weighted by Crippen LogP contribution is 2.18. The molecule has 20 heavy (non-hydrogen) atoms. The van der Waals surface area contributed by atoms with E-state index in [1.54, 1.807) is 6.07 Å². The first-order chi connectivity index (χ1) is 9.65. The average Bonchev–Trinajstić information content (AvgIpc) is 2.44. The van der Waals surface area contributed by atoms with Crippen molar-refractivity contribution in [1.29, 1.82) is 0 Å². The Hall–Kier alpha value is -1.87. The molecule has 0 unspecified atom stereocenters. The first-order valence-corrected chi connectivity index (χ1v) is 6.92. The van der Waals surface area contributed by atoms with E-state index in [2.05, 4.69) is 9.97 Å². The number of rotatable bonds is 5. The fourth-order valence-corrected chi connectivity index (χ4v) is 1.81. The SMILES string of the molecule is CC(C)c1nc(Cl)cc(OC/C=C/c2ccccc2)n1. The van der Waals surface area contributed by atoms with Gasteiger partial charge in [0.15, 0.2) is 0 Å². The number of halogens is 1. The van der Waals surface area contributed by atoms with Gasteiger partial charge in [0, 0.05) is 12.0 Å². The molecule has 104 valence electrons. The molecule has 0 bridgehead atoms. The van der Waals surface area contributed by atoms with Crippen LogP contribution in [0.25, 0.3) is 6.08 Å². The van der Waals surface area contributed by atoms with Crippen molar-refractivity contribution in [2.75, 3.05) is 6.61 Å². The Morgan fingerprint density at radius 2 is 1.95 bits per heavy atom. The summed E-state index contributed by atoms with van der Waals surface area (Å²) in [5.74, 6) is 1.42. The lowest BCUT2D eigenvalue weighted by Crippen LogP contribution is -2.02. The molecule has 0 fully saturated rings. The van der Waals surface area contributed by atoms with Gasteiger partial charge in [-0.1, -0.05) is 61.9 Å². The molecule has 1 aromatic carbocycles. The smallest absolute Gasteiger partial charge is 0.218 e. The van der Waals surface area contributed by atoms with Crippen molar-refractivity contribution in [3.05, 3.63) is 59.0 Å². The van der Waals surface area contributed by atoms with Gasteiger partial charge in [-0.25, -0.2) is 4.98 Å². The lowest BCUT2D eigenvalue weighted by atomic mass is 10.2. The molecule has 0 amide bonds. The lowest BCUT2D eigenvalue weighted by Gasteiger charge is -2.07.